The van der Waals surface area contributed by atoms with Gasteiger partial charge in [-0.1, -0.05) is 17.7 Å². The number of hydrogen-bond donors (Lipinski definition) is 1. The van der Waals surface area contributed by atoms with Gasteiger partial charge in [-0.3, -0.25) is 9.69 Å². The first-order valence-electron chi connectivity index (χ1n) is 6.89. The van der Waals surface area contributed by atoms with Crippen molar-refractivity contribution in [2.75, 3.05) is 6.54 Å². The quantitative estimate of drug-likeness (QED) is 0.907. The van der Waals surface area contributed by atoms with Gasteiger partial charge in [-0.2, -0.15) is 0 Å². The van der Waals surface area contributed by atoms with Crippen LogP contribution >= 0.6 is 11.6 Å². The number of rotatable bonds is 5. The van der Waals surface area contributed by atoms with Crippen LogP contribution in [0.15, 0.2) is 18.2 Å². The van der Waals surface area contributed by atoms with E-state index in [1.54, 1.807) is 0 Å². The normalized spacial score (nSPS) is 19.5. The van der Waals surface area contributed by atoms with Crippen LogP contribution in [0.2, 0.25) is 5.02 Å². The molecular weight excluding hydrogens is 278 g/mol. The number of carboxylic acid groups (broad SMARTS) is 1. The number of carbonyl (C=O) groups is 1. The van der Waals surface area contributed by atoms with Crippen molar-refractivity contribution in [1.82, 2.24) is 4.90 Å². The van der Waals surface area contributed by atoms with Crippen LogP contribution < -0.4 is 4.74 Å². The zero-order valence-electron chi connectivity index (χ0n) is 11.8. The van der Waals surface area contributed by atoms with Crippen molar-refractivity contribution >= 4 is 17.6 Å². The predicted octanol–water partition coefficient (Wildman–Crippen LogP) is 3.18. The average Bonchev–Trinajstić information content (AvgIpc) is 2.80. The van der Waals surface area contributed by atoms with Crippen molar-refractivity contribution in [2.45, 2.75) is 45.4 Å². The molecule has 0 aromatic heterocycles. The molecule has 20 heavy (non-hydrogen) atoms. The van der Waals surface area contributed by atoms with Crippen LogP contribution in [0.1, 0.15) is 32.3 Å². The number of aliphatic carboxylic acids is 1. The average molecular weight is 298 g/mol. The number of benzene rings is 1. The Hall–Kier alpha value is -1.26. The van der Waals surface area contributed by atoms with E-state index in [1.807, 2.05) is 36.9 Å². The van der Waals surface area contributed by atoms with Crippen molar-refractivity contribution < 1.29 is 14.6 Å². The summed E-state index contributed by atoms with van der Waals surface area (Å²) in [5.74, 6) is -0.0741. The van der Waals surface area contributed by atoms with Crippen molar-refractivity contribution in [1.29, 1.82) is 0 Å². The zero-order valence-corrected chi connectivity index (χ0v) is 12.6. The molecule has 1 fully saturated rings. The fourth-order valence-electron chi connectivity index (χ4n) is 2.52. The molecule has 5 heteroatoms. The van der Waals surface area contributed by atoms with Gasteiger partial charge in [0.1, 0.15) is 11.8 Å². The molecule has 1 aliphatic rings. The molecule has 0 amide bonds. The van der Waals surface area contributed by atoms with E-state index in [9.17, 15) is 9.90 Å². The maximum absolute atomic E-state index is 11.2. The third-order valence-electron chi connectivity index (χ3n) is 3.39. The Morgan fingerprint density at radius 2 is 2.30 bits per heavy atom. The molecule has 0 radical (unpaired) electrons. The second-order valence-electron chi connectivity index (χ2n) is 5.40. The smallest absolute Gasteiger partial charge is 0.320 e. The molecule has 0 spiro atoms. The van der Waals surface area contributed by atoms with Crippen LogP contribution in [-0.2, 0) is 11.3 Å². The summed E-state index contributed by atoms with van der Waals surface area (Å²) in [6, 6.07) is 5.28. The second kappa shape index (κ2) is 6.46. The second-order valence-corrected chi connectivity index (χ2v) is 5.81. The van der Waals surface area contributed by atoms with Gasteiger partial charge in [0.05, 0.1) is 11.1 Å². The van der Waals surface area contributed by atoms with Crippen LogP contribution in [0, 0.1) is 0 Å². The molecule has 1 heterocycles. The standard InChI is InChI=1S/C15H20ClNO3/c1-10(2)20-14-6-5-11(8-12(14)16)9-17-7-3-4-13(17)15(18)19/h5-6,8,10,13H,3-4,7,9H2,1-2H3,(H,18,19)/t13-/m1/s1. The first-order valence-corrected chi connectivity index (χ1v) is 7.27. The molecule has 0 unspecified atom stereocenters. The molecule has 1 atom stereocenters. The minimum Gasteiger partial charge on any atom is -0.489 e. The van der Waals surface area contributed by atoms with E-state index in [4.69, 9.17) is 16.3 Å². The summed E-state index contributed by atoms with van der Waals surface area (Å²) in [5, 5.41) is 9.74. The molecule has 1 saturated heterocycles. The lowest BCUT2D eigenvalue weighted by atomic mass is 10.1. The molecule has 0 bridgehead atoms. The van der Waals surface area contributed by atoms with Gasteiger partial charge < -0.3 is 9.84 Å². The Morgan fingerprint density at radius 1 is 1.55 bits per heavy atom. The van der Waals surface area contributed by atoms with Gasteiger partial charge >= 0.3 is 5.97 Å². The van der Waals surface area contributed by atoms with Crippen LogP contribution in [0.3, 0.4) is 0 Å². The topological polar surface area (TPSA) is 49.8 Å². The van der Waals surface area contributed by atoms with Crippen LogP contribution in [0.25, 0.3) is 0 Å². The van der Waals surface area contributed by atoms with E-state index in [1.165, 1.54) is 0 Å². The van der Waals surface area contributed by atoms with Gasteiger partial charge in [0, 0.05) is 6.54 Å². The Morgan fingerprint density at radius 3 is 2.90 bits per heavy atom. The monoisotopic (exact) mass is 297 g/mol. The van der Waals surface area contributed by atoms with Gasteiger partial charge in [0.15, 0.2) is 0 Å². The molecular formula is C15H20ClNO3. The molecule has 0 saturated carbocycles. The van der Waals surface area contributed by atoms with Crippen molar-refractivity contribution in [3.8, 4) is 5.75 Å². The first kappa shape index (κ1) is 15.1. The number of nitrogens with zero attached hydrogens (tertiary/aromatic N) is 1. The highest BCUT2D eigenvalue weighted by Gasteiger charge is 2.30. The molecule has 4 nitrogen and oxygen atoms in total. The maximum atomic E-state index is 11.2. The summed E-state index contributed by atoms with van der Waals surface area (Å²) < 4.78 is 5.59. The van der Waals surface area contributed by atoms with E-state index in [0.29, 0.717) is 17.3 Å². The molecule has 1 aliphatic heterocycles. The molecule has 0 aliphatic carbocycles. The van der Waals surface area contributed by atoms with Gasteiger partial charge in [0.2, 0.25) is 0 Å². The van der Waals surface area contributed by atoms with Crippen LogP contribution in [0.4, 0.5) is 0 Å². The van der Waals surface area contributed by atoms with Crippen molar-refractivity contribution in [2.24, 2.45) is 0 Å². The molecule has 1 aromatic carbocycles. The largest absolute Gasteiger partial charge is 0.489 e. The first-order chi connectivity index (χ1) is 9.47. The highest BCUT2D eigenvalue weighted by Crippen LogP contribution is 2.28. The van der Waals surface area contributed by atoms with Gasteiger partial charge in [-0.25, -0.2) is 0 Å². The van der Waals surface area contributed by atoms with E-state index in [-0.39, 0.29) is 12.1 Å². The summed E-state index contributed by atoms with van der Waals surface area (Å²) in [6.07, 6.45) is 1.73. The van der Waals surface area contributed by atoms with E-state index in [2.05, 4.69) is 0 Å². The minimum absolute atomic E-state index is 0.0772. The number of carboxylic acids is 1. The van der Waals surface area contributed by atoms with Crippen molar-refractivity contribution in [3.05, 3.63) is 28.8 Å². The highest BCUT2D eigenvalue weighted by atomic mass is 35.5. The lowest BCUT2D eigenvalue weighted by Gasteiger charge is -2.21. The van der Waals surface area contributed by atoms with Crippen LogP contribution in [-0.4, -0.2) is 34.7 Å². The molecule has 1 N–H and O–H groups in total. The predicted molar refractivity (Wildman–Crippen MR) is 78.3 cm³/mol. The highest BCUT2D eigenvalue weighted by molar-refractivity contribution is 6.32. The Kier molecular flexibility index (Phi) is 4.89. The van der Waals surface area contributed by atoms with E-state index < -0.39 is 5.97 Å². The molecule has 1 aromatic rings. The summed E-state index contributed by atoms with van der Waals surface area (Å²) >= 11 is 6.20. The fraction of sp³-hybridized carbons (Fsp3) is 0.533. The van der Waals surface area contributed by atoms with Gasteiger partial charge in [-0.15, -0.1) is 0 Å². The Balaban J connectivity index is 2.06. The minimum atomic E-state index is -0.742. The Labute approximate surface area is 124 Å². The number of ether oxygens (including phenoxy) is 1. The molecule has 2 rings (SSSR count). The maximum Gasteiger partial charge on any atom is 0.320 e. The zero-order chi connectivity index (χ0) is 14.7. The molecule has 110 valence electrons. The van der Waals surface area contributed by atoms with E-state index >= 15 is 0 Å². The number of halogens is 1. The SMILES string of the molecule is CC(C)Oc1ccc(CN2CCC[C@@H]2C(=O)O)cc1Cl. The summed E-state index contributed by atoms with van der Waals surface area (Å²) in [7, 11) is 0. The third-order valence-corrected chi connectivity index (χ3v) is 3.69. The third kappa shape index (κ3) is 3.64. The lowest BCUT2D eigenvalue weighted by molar-refractivity contribution is -0.142. The fourth-order valence-corrected chi connectivity index (χ4v) is 2.77. The summed E-state index contributed by atoms with van der Waals surface area (Å²) in [6.45, 7) is 5.33. The summed E-state index contributed by atoms with van der Waals surface area (Å²) in [5.41, 5.74) is 1.01. The van der Waals surface area contributed by atoms with Gasteiger partial charge in [0.25, 0.3) is 0 Å². The van der Waals surface area contributed by atoms with E-state index in [0.717, 1.165) is 24.9 Å². The Bertz CT molecular complexity index is 490. The van der Waals surface area contributed by atoms with Crippen molar-refractivity contribution in [3.63, 3.8) is 0 Å². The summed E-state index contributed by atoms with van der Waals surface area (Å²) in [4.78, 5) is 13.1. The lowest BCUT2D eigenvalue weighted by Crippen LogP contribution is -2.35. The number of hydrogen-bond acceptors (Lipinski definition) is 3. The van der Waals surface area contributed by atoms with Crippen LogP contribution in [0.5, 0.6) is 5.75 Å². The number of likely N-dealkylation sites (tertiary alicyclic amines) is 1. The van der Waals surface area contributed by atoms with Gasteiger partial charge in [-0.05, 0) is 50.9 Å².